The Kier molecular flexibility index (Phi) is 3.55. The molecule has 0 aliphatic rings. The number of nitrogens with one attached hydrogen (secondary N) is 1. The lowest BCUT2D eigenvalue weighted by Crippen LogP contribution is -2.37. The highest BCUT2D eigenvalue weighted by Crippen LogP contribution is 2.10. The van der Waals surface area contributed by atoms with Crippen molar-refractivity contribution in [1.29, 1.82) is 0 Å². The van der Waals surface area contributed by atoms with Gasteiger partial charge in [-0.15, -0.1) is 6.58 Å². The normalized spacial score (nSPS) is 10.3. The maximum absolute atomic E-state index is 12.0. The van der Waals surface area contributed by atoms with E-state index in [1.54, 1.807) is 23.2 Å². The molecule has 0 aliphatic carbocycles. The van der Waals surface area contributed by atoms with Crippen molar-refractivity contribution in [2.45, 2.75) is 19.9 Å². The fourth-order valence-electron chi connectivity index (χ4n) is 1.36. The predicted octanol–water partition coefficient (Wildman–Crippen LogP) is 1.63. The SMILES string of the molecule is C=CCN(C(=O)c1cc(N)c[nH]1)C(C)C. The van der Waals surface area contributed by atoms with Crippen LogP contribution >= 0.6 is 0 Å². The first-order chi connectivity index (χ1) is 7.06. The molecule has 4 heteroatoms. The molecule has 0 fully saturated rings. The molecule has 0 aromatic carbocycles. The zero-order valence-electron chi connectivity index (χ0n) is 9.16. The highest BCUT2D eigenvalue weighted by molar-refractivity contribution is 5.93. The van der Waals surface area contributed by atoms with Gasteiger partial charge in [0.25, 0.3) is 5.91 Å². The lowest BCUT2D eigenvalue weighted by Gasteiger charge is -2.24. The van der Waals surface area contributed by atoms with E-state index in [1.807, 2.05) is 13.8 Å². The summed E-state index contributed by atoms with van der Waals surface area (Å²) >= 11 is 0. The molecule has 15 heavy (non-hydrogen) atoms. The van der Waals surface area contributed by atoms with Gasteiger partial charge in [0.05, 0.1) is 0 Å². The van der Waals surface area contributed by atoms with Gasteiger partial charge >= 0.3 is 0 Å². The van der Waals surface area contributed by atoms with E-state index in [4.69, 9.17) is 5.73 Å². The summed E-state index contributed by atoms with van der Waals surface area (Å²) < 4.78 is 0. The van der Waals surface area contributed by atoms with E-state index in [-0.39, 0.29) is 11.9 Å². The zero-order chi connectivity index (χ0) is 11.4. The molecule has 0 unspecified atom stereocenters. The Morgan fingerprint density at radius 3 is 2.80 bits per heavy atom. The Labute approximate surface area is 89.8 Å². The van der Waals surface area contributed by atoms with E-state index in [2.05, 4.69) is 11.6 Å². The second-order valence-electron chi connectivity index (χ2n) is 3.69. The van der Waals surface area contributed by atoms with Crippen LogP contribution in [0, 0.1) is 0 Å². The Hall–Kier alpha value is -1.71. The minimum absolute atomic E-state index is 0.0541. The van der Waals surface area contributed by atoms with Crippen LogP contribution in [0.25, 0.3) is 0 Å². The Morgan fingerprint density at radius 1 is 1.73 bits per heavy atom. The van der Waals surface area contributed by atoms with E-state index in [9.17, 15) is 4.79 Å². The number of amides is 1. The number of carbonyl (C=O) groups is 1. The van der Waals surface area contributed by atoms with Crippen LogP contribution in [-0.2, 0) is 0 Å². The van der Waals surface area contributed by atoms with Crippen molar-refractivity contribution in [3.8, 4) is 0 Å². The van der Waals surface area contributed by atoms with Crippen molar-refractivity contribution in [3.05, 3.63) is 30.6 Å². The minimum Gasteiger partial charge on any atom is -0.397 e. The number of hydrogen-bond donors (Lipinski definition) is 2. The zero-order valence-corrected chi connectivity index (χ0v) is 9.16. The monoisotopic (exact) mass is 207 g/mol. The van der Waals surface area contributed by atoms with Crippen LogP contribution in [0.2, 0.25) is 0 Å². The predicted molar refractivity (Wildman–Crippen MR) is 61.6 cm³/mol. The Balaban J connectivity index is 2.85. The van der Waals surface area contributed by atoms with Crippen LogP contribution < -0.4 is 5.73 Å². The summed E-state index contributed by atoms with van der Waals surface area (Å²) in [6, 6.07) is 1.78. The summed E-state index contributed by atoms with van der Waals surface area (Å²) in [6.45, 7) is 8.10. The van der Waals surface area contributed by atoms with Gasteiger partial charge in [0, 0.05) is 24.5 Å². The number of nitrogens with zero attached hydrogens (tertiary/aromatic N) is 1. The van der Waals surface area contributed by atoms with Crippen molar-refractivity contribution in [3.63, 3.8) is 0 Å². The van der Waals surface area contributed by atoms with E-state index < -0.39 is 0 Å². The third-order valence-corrected chi connectivity index (χ3v) is 2.15. The van der Waals surface area contributed by atoms with E-state index in [1.165, 1.54) is 0 Å². The first kappa shape index (κ1) is 11.4. The number of nitrogens with two attached hydrogens (primary N) is 1. The molecule has 0 saturated heterocycles. The average Bonchev–Trinajstić information content (AvgIpc) is 2.59. The molecule has 3 N–H and O–H groups in total. The molecule has 4 nitrogen and oxygen atoms in total. The highest BCUT2D eigenvalue weighted by Gasteiger charge is 2.18. The number of anilines is 1. The third kappa shape index (κ3) is 2.62. The molecule has 1 aromatic heterocycles. The van der Waals surface area contributed by atoms with Gasteiger partial charge in [-0.25, -0.2) is 0 Å². The number of aromatic nitrogens is 1. The van der Waals surface area contributed by atoms with Gasteiger partial charge in [0.15, 0.2) is 0 Å². The summed E-state index contributed by atoms with van der Waals surface area (Å²) in [6.07, 6.45) is 3.32. The smallest absolute Gasteiger partial charge is 0.270 e. The number of hydrogen-bond acceptors (Lipinski definition) is 2. The van der Waals surface area contributed by atoms with Gasteiger partial charge in [-0.3, -0.25) is 4.79 Å². The minimum atomic E-state index is -0.0541. The number of carbonyl (C=O) groups excluding carboxylic acids is 1. The largest absolute Gasteiger partial charge is 0.397 e. The molecule has 1 heterocycles. The third-order valence-electron chi connectivity index (χ3n) is 2.15. The molecule has 0 radical (unpaired) electrons. The molecule has 0 atom stereocenters. The van der Waals surface area contributed by atoms with Gasteiger partial charge in [-0.05, 0) is 19.9 Å². The van der Waals surface area contributed by atoms with Gasteiger partial charge in [0.1, 0.15) is 5.69 Å². The van der Waals surface area contributed by atoms with E-state index in [0.717, 1.165) is 0 Å². The summed E-state index contributed by atoms with van der Waals surface area (Å²) in [5.74, 6) is -0.0541. The Morgan fingerprint density at radius 2 is 2.40 bits per heavy atom. The first-order valence-corrected chi connectivity index (χ1v) is 4.92. The summed E-state index contributed by atoms with van der Waals surface area (Å²) in [5, 5.41) is 0. The van der Waals surface area contributed by atoms with Gasteiger partial charge in [-0.1, -0.05) is 6.08 Å². The molecule has 0 saturated carbocycles. The van der Waals surface area contributed by atoms with Crippen molar-refractivity contribution >= 4 is 11.6 Å². The van der Waals surface area contributed by atoms with Crippen LogP contribution in [0.1, 0.15) is 24.3 Å². The maximum atomic E-state index is 12.0. The molecule has 0 spiro atoms. The lowest BCUT2D eigenvalue weighted by molar-refractivity contribution is 0.0723. The van der Waals surface area contributed by atoms with Crippen molar-refractivity contribution in [2.75, 3.05) is 12.3 Å². The second-order valence-corrected chi connectivity index (χ2v) is 3.69. The molecule has 1 aromatic rings. The molecule has 1 amide bonds. The van der Waals surface area contributed by atoms with Crippen molar-refractivity contribution in [1.82, 2.24) is 9.88 Å². The Bertz CT molecular complexity index is 354. The van der Waals surface area contributed by atoms with Crippen LogP contribution in [0.3, 0.4) is 0 Å². The molecule has 0 bridgehead atoms. The first-order valence-electron chi connectivity index (χ1n) is 4.92. The second kappa shape index (κ2) is 4.68. The molecule has 82 valence electrons. The lowest BCUT2D eigenvalue weighted by atomic mass is 10.2. The van der Waals surface area contributed by atoms with Crippen LogP contribution in [0.15, 0.2) is 24.9 Å². The quantitative estimate of drug-likeness (QED) is 0.737. The number of rotatable bonds is 4. The highest BCUT2D eigenvalue weighted by atomic mass is 16.2. The average molecular weight is 207 g/mol. The molecule has 0 aliphatic heterocycles. The standard InChI is InChI=1S/C11H17N3O/c1-4-5-14(8(2)3)11(15)10-6-9(12)7-13-10/h4,6-8,13H,1,5,12H2,2-3H3. The summed E-state index contributed by atoms with van der Waals surface area (Å²) in [5.41, 5.74) is 6.63. The molecular weight excluding hydrogens is 190 g/mol. The summed E-state index contributed by atoms with van der Waals surface area (Å²) in [7, 11) is 0. The van der Waals surface area contributed by atoms with Gasteiger partial charge in [0.2, 0.25) is 0 Å². The fourth-order valence-corrected chi connectivity index (χ4v) is 1.36. The topological polar surface area (TPSA) is 62.1 Å². The van der Waals surface area contributed by atoms with E-state index >= 15 is 0 Å². The number of nitrogen functional groups attached to an aromatic ring is 1. The van der Waals surface area contributed by atoms with Crippen LogP contribution in [0.5, 0.6) is 0 Å². The van der Waals surface area contributed by atoms with Gasteiger partial charge < -0.3 is 15.6 Å². The fraction of sp³-hybridized carbons (Fsp3) is 0.364. The van der Waals surface area contributed by atoms with Crippen LogP contribution in [0.4, 0.5) is 5.69 Å². The van der Waals surface area contributed by atoms with Crippen molar-refractivity contribution in [2.24, 2.45) is 0 Å². The molecule has 1 rings (SSSR count). The van der Waals surface area contributed by atoms with Crippen LogP contribution in [-0.4, -0.2) is 28.4 Å². The summed E-state index contributed by atoms with van der Waals surface area (Å²) in [4.78, 5) is 16.5. The number of H-pyrrole nitrogens is 1. The maximum Gasteiger partial charge on any atom is 0.270 e. The number of aromatic amines is 1. The van der Waals surface area contributed by atoms with Crippen molar-refractivity contribution < 1.29 is 4.79 Å². The van der Waals surface area contributed by atoms with E-state index in [0.29, 0.717) is 17.9 Å². The van der Waals surface area contributed by atoms with Gasteiger partial charge in [-0.2, -0.15) is 0 Å². The molecular formula is C11H17N3O.